The second-order valence-corrected chi connectivity index (χ2v) is 6.05. The van der Waals surface area contributed by atoms with E-state index in [0.29, 0.717) is 13.1 Å². The quantitative estimate of drug-likeness (QED) is 0.852. The number of amides is 2. The van der Waals surface area contributed by atoms with E-state index in [1.165, 1.54) is 17.0 Å². The van der Waals surface area contributed by atoms with E-state index in [2.05, 4.69) is 55.9 Å². The highest BCUT2D eigenvalue weighted by Crippen LogP contribution is 2.13. The molecule has 2 amide bonds. The van der Waals surface area contributed by atoms with Gasteiger partial charge >= 0.3 is 6.03 Å². The first-order valence-corrected chi connectivity index (χ1v) is 6.34. The summed E-state index contributed by atoms with van der Waals surface area (Å²) in [6, 6.07) is 2.00. The molecule has 0 bridgehead atoms. The summed E-state index contributed by atoms with van der Waals surface area (Å²) in [4.78, 5) is 11.6. The largest absolute Gasteiger partial charge is 0.352 e. The van der Waals surface area contributed by atoms with Crippen LogP contribution in [0.2, 0.25) is 0 Å². The number of rotatable bonds is 3. The number of nitrogens with one attached hydrogen (secondary N) is 2. The third-order valence-corrected chi connectivity index (χ3v) is 3.10. The van der Waals surface area contributed by atoms with Gasteiger partial charge in [0, 0.05) is 31.5 Å². The van der Waals surface area contributed by atoms with Crippen molar-refractivity contribution in [1.29, 1.82) is 0 Å². The van der Waals surface area contributed by atoms with Crippen molar-refractivity contribution < 1.29 is 4.79 Å². The highest BCUT2D eigenvalue weighted by atomic mass is 16.2. The Morgan fingerprint density at radius 2 is 1.89 bits per heavy atom. The van der Waals surface area contributed by atoms with Crippen LogP contribution in [0, 0.1) is 19.3 Å². The minimum atomic E-state index is -0.106. The lowest BCUT2D eigenvalue weighted by Gasteiger charge is -2.18. The van der Waals surface area contributed by atoms with E-state index in [1.807, 2.05) is 7.05 Å². The molecule has 1 aromatic rings. The molecule has 2 N–H and O–H groups in total. The number of carbonyl (C=O) groups excluding carboxylic acids is 1. The highest BCUT2D eigenvalue weighted by Gasteiger charge is 2.12. The van der Waals surface area contributed by atoms with Crippen LogP contribution in [-0.4, -0.2) is 17.1 Å². The van der Waals surface area contributed by atoms with E-state index in [1.54, 1.807) is 0 Å². The smallest absolute Gasteiger partial charge is 0.315 e. The number of aryl methyl sites for hydroxylation is 1. The van der Waals surface area contributed by atoms with Crippen molar-refractivity contribution in [3.8, 4) is 0 Å². The van der Waals surface area contributed by atoms with Gasteiger partial charge in [0.15, 0.2) is 0 Å². The van der Waals surface area contributed by atoms with E-state index in [4.69, 9.17) is 0 Å². The summed E-state index contributed by atoms with van der Waals surface area (Å²) < 4.78 is 2.13. The molecule has 0 saturated heterocycles. The lowest BCUT2D eigenvalue weighted by molar-refractivity contribution is 0.235. The topological polar surface area (TPSA) is 46.1 Å². The van der Waals surface area contributed by atoms with Crippen LogP contribution in [-0.2, 0) is 13.6 Å². The summed E-state index contributed by atoms with van der Waals surface area (Å²) in [7, 11) is 2.04. The molecule has 1 aromatic heterocycles. The zero-order chi connectivity index (χ0) is 13.9. The molecule has 18 heavy (non-hydrogen) atoms. The normalized spacial score (nSPS) is 11.4. The van der Waals surface area contributed by atoms with Crippen molar-refractivity contribution in [1.82, 2.24) is 15.2 Å². The van der Waals surface area contributed by atoms with E-state index in [-0.39, 0.29) is 11.4 Å². The number of nitrogens with zero attached hydrogens (tertiary/aromatic N) is 1. The Labute approximate surface area is 110 Å². The minimum absolute atomic E-state index is 0.106. The maximum Gasteiger partial charge on any atom is 0.315 e. The molecule has 0 aromatic carbocycles. The fourth-order valence-corrected chi connectivity index (χ4v) is 1.70. The van der Waals surface area contributed by atoms with Crippen LogP contribution in [0.4, 0.5) is 4.79 Å². The third kappa shape index (κ3) is 4.09. The molecule has 0 spiro atoms. The summed E-state index contributed by atoms with van der Waals surface area (Å²) in [5, 5.41) is 5.77. The van der Waals surface area contributed by atoms with Gasteiger partial charge < -0.3 is 15.2 Å². The van der Waals surface area contributed by atoms with Gasteiger partial charge in [-0.15, -0.1) is 0 Å². The Kier molecular flexibility index (Phi) is 4.43. The predicted octanol–water partition coefficient (Wildman–Crippen LogP) is 2.49. The van der Waals surface area contributed by atoms with Crippen molar-refractivity contribution in [2.45, 2.75) is 41.2 Å². The second-order valence-electron chi connectivity index (χ2n) is 6.05. The molecular formula is C14H25N3O. The van der Waals surface area contributed by atoms with Gasteiger partial charge in [-0.2, -0.15) is 0 Å². The first-order chi connectivity index (χ1) is 8.20. The molecule has 0 fully saturated rings. The molecule has 0 atom stereocenters. The van der Waals surface area contributed by atoms with Crippen molar-refractivity contribution in [2.75, 3.05) is 6.54 Å². The molecule has 1 heterocycles. The molecule has 1 rings (SSSR count). The van der Waals surface area contributed by atoms with Crippen molar-refractivity contribution >= 4 is 6.03 Å². The molecule has 0 aliphatic rings. The molecule has 4 nitrogen and oxygen atoms in total. The van der Waals surface area contributed by atoms with Gasteiger partial charge in [0.2, 0.25) is 0 Å². The highest BCUT2D eigenvalue weighted by molar-refractivity contribution is 5.73. The average molecular weight is 251 g/mol. The van der Waals surface area contributed by atoms with E-state index in [0.717, 1.165) is 0 Å². The lowest BCUT2D eigenvalue weighted by atomic mass is 9.97. The Bertz CT molecular complexity index is 427. The van der Waals surface area contributed by atoms with Gasteiger partial charge in [-0.05, 0) is 30.9 Å². The zero-order valence-corrected chi connectivity index (χ0v) is 12.3. The van der Waals surface area contributed by atoms with Gasteiger partial charge in [-0.1, -0.05) is 20.8 Å². The number of urea groups is 1. The molecule has 0 saturated carbocycles. The van der Waals surface area contributed by atoms with Gasteiger partial charge in [0.05, 0.1) is 0 Å². The van der Waals surface area contributed by atoms with Crippen LogP contribution >= 0.6 is 0 Å². The second kappa shape index (κ2) is 5.46. The summed E-state index contributed by atoms with van der Waals surface area (Å²) in [6.07, 6.45) is 0. The lowest BCUT2D eigenvalue weighted by Crippen LogP contribution is -2.39. The molecular weight excluding hydrogens is 226 g/mol. The Hall–Kier alpha value is -1.45. The maximum atomic E-state index is 11.6. The minimum Gasteiger partial charge on any atom is -0.352 e. The van der Waals surface area contributed by atoms with Crippen molar-refractivity contribution in [3.63, 3.8) is 0 Å². The van der Waals surface area contributed by atoms with Gasteiger partial charge in [-0.25, -0.2) is 4.79 Å². The predicted molar refractivity (Wildman–Crippen MR) is 74.6 cm³/mol. The SMILES string of the molecule is Cc1cc(CNC(=O)NCC(C)(C)C)c(C)n1C. The Morgan fingerprint density at radius 1 is 1.28 bits per heavy atom. The van der Waals surface area contributed by atoms with Crippen LogP contribution in [0.5, 0.6) is 0 Å². The van der Waals surface area contributed by atoms with Crippen molar-refractivity contribution in [2.24, 2.45) is 12.5 Å². The van der Waals surface area contributed by atoms with Gasteiger partial charge in [0.1, 0.15) is 0 Å². The third-order valence-electron chi connectivity index (χ3n) is 3.10. The van der Waals surface area contributed by atoms with Crippen molar-refractivity contribution in [3.05, 3.63) is 23.0 Å². The van der Waals surface area contributed by atoms with Gasteiger partial charge in [0.25, 0.3) is 0 Å². The summed E-state index contributed by atoms with van der Waals surface area (Å²) >= 11 is 0. The molecule has 0 radical (unpaired) electrons. The number of aromatic nitrogens is 1. The fourth-order valence-electron chi connectivity index (χ4n) is 1.70. The van der Waals surface area contributed by atoms with Crippen LogP contribution in [0.25, 0.3) is 0 Å². The number of hydrogen-bond donors (Lipinski definition) is 2. The standard InChI is InChI=1S/C14H25N3O/c1-10-7-12(11(2)17(10)6)8-15-13(18)16-9-14(3,4)5/h7H,8-9H2,1-6H3,(H2,15,16,18). The molecule has 4 heteroatoms. The summed E-state index contributed by atoms with van der Waals surface area (Å²) in [5.41, 5.74) is 3.68. The zero-order valence-electron chi connectivity index (χ0n) is 12.3. The van der Waals surface area contributed by atoms with E-state index >= 15 is 0 Å². The molecule has 0 aliphatic carbocycles. The van der Waals surface area contributed by atoms with Crippen LogP contribution in [0.15, 0.2) is 6.07 Å². The van der Waals surface area contributed by atoms with Crippen LogP contribution < -0.4 is 10.6 Å². The maximum absolute atomic E-state index is 11.6. The van der Waals surface area contributed by atoms with E-state index < -0.39 is 0 Å². The Balaban J connectivity index is 2.45. The first kappa shape index (κ1) is 14.6. The first-order valence-electron chi connectivity index (χ1n) is 6.34. The monoisotopic (exact) mass is 251 g/mol. The number of hydrogen-bond acceptors (Lipinski definition) is 1. The van der Waals surface area contributed by atoms with E-state index in [9.17, 15) is 4.79 Å². The number of carbonyl (C=O) groups is 1. The molecule has 0 unspecified atom stereocenters. The Morgan fingerprint density at radius 3 is 2.33 bits per heavy atom. The fraction of sp³-hybridized carbons (Fsp3) is 0.643. The summed E-state index contributed by atoms with van der Waals surface area (Å²) in [6.45, 7) is 11.7. The molecule has 0 aliphatic heterocycles. The average Bonchev–Trinajstić information content (AvgIpc) is 2.50. The van der Waals surface area contributed by atoms with Gasteiger partial charge in [-0.3, -0.25) is 0 Å². The summed E-state index contributed by atoms with van der Waals surface area (Å²) in [5.74, 6) is 0. The van der Waals surface area contributed by atoms with Crippen LogP contribution in [0.1, 0.15) is 37.7 Å². The van der Waals surface area contributed by atoms with Crippen LogP contribution in [0.3, 0.4) is 0 Å². The molecule has 102 valence electrons.